The predicted molar refractivity (Wildman–Crippen MR) is 68.6 cm³/mol. The number of benzene rings is 1. The third-order valence-corrected chi connectivity index (χ3v) is 2.06. The van der Waals surface area contributed by atoms with Crippen molar-refractivity contribution in [3.63, 3.8) is 0 Å². The molecule has 0 aliphatic carbocycles. The van der Waals surface area contributed by atoms with Crippen LogP contribution in [0.25, 0.3) is 6.08 Å². The minimum Gasteiger partial charge on any atom is -0.465 e. The van der Waals surface area contributed by atoms with Gasteiger partial charge < -0.3 is 15.4 Å². The molecule has 0 bridgehead atoms. The van der Waals surface area contributed by atoms with Gasteiger partial charge in [-0.25, -0.2) is 9.18 Å². The zero-order valence-corrected chi connectivity index (χ0v) is 10.5. The van der Waals surface area contributed by atoms with Crippen LogP contribution in [0.2, 0.25) is 0 Å². The number of esters is 1. The maximum absolute atomic E-state index is 12.6. The fourth-order valence-electron chi connectivity index (χ4n) is 1.20. The van der Waals surface area contributed by atoms with Crippen molar-refractivity contribution in [1.82, 2.24) is 10.6 Å². The maximum Gasteiger partial charge on any atom is 0.325 e. The van der Waals surface area contributed by atoms with Crippen molar-refractivity contribution < 1.29 is 18.7 Å². The quantitative estimate of drug-likeness (QED) is 0.796. The fraction of sp³-hybridized carbons (Fsp3) is 0.231. The van der Waals surface area contributed by atoms with Crippen LogP contribution in [-0.2, 0) is 9.53 Å². The summed E-state index contributed by atoms with van der Waals surface area (Å²) in [4.78, 5) is 22.2. The Labute approximate surface area is 110 Å². The summed E-state index contributed by atoms with van der Waals surface area (Å²) in [5, 5.41) is 4.74. The second-order valence-electron chi connectivity index (χ2n) is 3.52. The fourth-order valence-corrected chi connectivity index (χ4v) is 1.20. The van der Waals surface area contributed by atoms with Gasteiger partial charge in [0.2, 0.25) is 0 Å². The number of hydrogen-bond acceptors (Lipinski definition) is 3. The van der Waals surface area contributed by atoms with Crippen molar-refractivity contribution in [2.75, 3.05) is 13.2 Å². The van der Waals surface area contributed by atoms with E-state index in [2.05, 4.69) is 15.4 Å². The van der Waals surface area contributed by atoms with Gasteiger partial charge in [-0.1, -0.05) is 12.1 Å². The smallest absolute Gasteiger partial charge is 0.325 e. The lowest BCUT2D eigenvalue weighted by atomic mass is 10.2. The molecule has 0 unspecified atom stereocenters. The molecule has 1 rings (SSSR count). The molecule has 0 spiro atoms. The molecule has 1 aromatic rings. The Morgan fingerprint density at radius 3 is 2.63 bits per heavy atom. The standard InChI is InChI=1S/C13H15FN2O3/c1-2-19-12(17)9-16-13(18)15-8-7-10-3-5-11(14)6-4-10/h3-8H,2,9H2,1H3,(H2,15,16,18)/b8-7+. The largest absolute Gasteiger partial charge is 0.465 e. The Morgan fingerprint density at radius 1 is 1.32 bits per heavy atom. The Balaban J connectivity index is 2.30. The maximum atomic E-state index is 12.6. The van der Waals surface area contributed by atoms with Crippen molar-refractivity contribution in [2.24, 2.45) is 0 Å². The summed E-state index contributed by atoms with van der Waals surface area (Å²) >= 11 is 0. The van der Waals surface area contributed by atoms with Gasteiger partial charge in [-0.05, 0) is 30.7 Å². The van der Waals surface area contributed by atoms with Gasteiger partial charge in [0.15, 0.2) is 0 Å². The number of rotatable bonds is 5. The Kier molecular flexibility index (Phi) is 6.08. The number of carbonyl (C=O) groups is 2. The van der Waals surface area contributed by atoms with Gasteiger partial charge in [0, 0.05) is 6.20 Å². The summed E-state index contributed by atoms with van der Waals surface area (Å²) in [6, 6.07) is 5.26. The molecule has 0 saturated heterocycles. The van der Waals surface area contributed by atoms with Gasteiger partial charge in [0.1, 0.15) is 12.4 Å². The van der Waals surface area contributed by atoms with Gasteiger partial charge in [-0.15, -0.1) is 0 Å². The summed E-state index contributed by atoms with van der Waals surface area (Å²) in [6.07, 6.45) is 3.00. The van der Waals surface area contributed by atoms with Crippen molar-refractivity contribution in [3.8, 4) is 0 Å². The second kappa shape index (κ2) is 7.86. The van der Waals surface area contributed by atoms with Crippen LogP contribution in [0, 0.1) is 5.82 Å². The molecule has 102 valence electrons. The zero-order chi connectivity index (χ0) is 14.1. The monoisotopic (exact) mass is 266 g/mol. The molecule has 5 nitrogen and oxygen atoms in total. The van der Waals surface area contributed by atoms with Crippen LogP contribution in [0.4, 0.5) is 9.18 Å². The van der Waals surface area contributed by atoms with Crippen LogP contribution >= 0.6 is 0 Å². The van der Waals surface area contributed by atoms with E-state index in [0.29, 0.717) is 0 Å². The van der Waals surface area contributed by atoms with Crippen LogP contribution in [0.15, 0.2) is 30.5 Å². The van der Waals surface area contributed by atoms with Gasteiger partial charge in [-0.2, -0.15) is 0 Å². The molecule has 0 atom stereocenters. The van der Waals surface area contributed by atoms with E-state index in [1.165, 1.54) is 18.3 Å². The molecule has 0 heterocycles. The van der Waals surface area contributed by atoms with E-state index < -0.39 is 12.0 Å². The average Bonchev–Trinajstić information content (AvgIpc) is 2.39. The van der Waals surface area contributed by atoms with Crippen molar-refractivity contribution in [1.29, 1.82) is 0 Å². The molecule has 0 aliphatic rings. The highest BCUT2D eigenvalue weighted by atomic mass is 19.1. The van der Waals surface area contributed by atoms with Gasteiger partial charge in [0.25, 0.3) is 0 Å². The molecule has 1 aromatic carbocycles. The lowest BCUT2D eigenvalue weighted by Gasteiger charge is -2.03. The molecule has 19 heavy (non-hydrogen) atoms. The van der Waals surface area contributed by atoms with E-state index in [4.69, 9.17) is 0 Å². The van der Waals surface area contributed by atoms with Gasteiger partial charge in [0.05, 0.1) is 6.61 Å². The summed E-state index contributed by atoms with van der Waals surface area (Å²) in [7, 11) is 0. The highest BCUT2D eigenvalue weighted by Crippen LogP contribution is 2.03. The summed E-state index contributed by atoms with van der Waals surface area (Å²) in [5.41, 5.74) is 0.743. The lowest BCUT2D eigenvalue weighted by molar-refractivity contribution is -0.141. The van der Waals surface area contributed by atoms with Crippen molar-refractivity contribution >= 4 is 18.1 Å². The highest BCUT2D eigenvalue weighted by Gasteiger charge is 2.03. The van der Waals surface area contributed by atoms with Crippen molar-refractivity contribution in [3.05, 3.63) is 41.8 Å². The molecule has 0 fully saturated rings. The number of amides is 2. The molecule has 0 radical (unpaired) electrons. The normalized spacial score (nSPS) is 10.2. The molecule has 2 N–H and O–H groups in total. The van der Waals surface area contributed by atoms with E-state index in [0.717, 1.165) is 5.56 Å². The number of carbonyl (C=O) groups excluding carboxylic acids is 2. The van der Waals surface area contributed by atoms with Crippen LogP contribution in [0.3, 0.4) is 0 Å². The van der Waals surface area contributed by atoms with Crippen LogP contribution in [0.5, 0.6) is 0 Å². The molecule has 0 aromatic heterocycles. The van der Waals surface area contributed by atoms with Crippen LogP contribution < -0.4 is 10.6 Å². The molecule has 0 aliphatic heterocycles. The molecular weight excluding hydrogens is 251 g/mol. The van der Waals surface area contributed by atoms with Crippen molar-refractivity contribution in [2.45, 2.75) is 6.92 Å². The predicted octanol–water partition coefficient (Wildman–Crippen LogP) is 1.66. The first kappa shape index (κ1) is 14.7. The first-order chi connectivity index (χ1) is 9.11. The van der Waals surface area contributed by atoms with E-state index in [9.17, 15) is 14.0 Å². The Hall–Kier alpha value is -2.37. The van der Waals surface area contributed by atoms with E-state index in [1.807, 2.05) is 0 Å². The van der Waals surface area contributed by atoms with Gasteiger partial charge in [-0.3, -0.25) is 4.79 Å². The SMILES string of the molecule is CCOC(=O)CNC(=O)N/C=C/c1ccc(F)cc1. The first-order valence-corrected chi connectivity index (χ1v) is 5.74. The third-order valence-electron chi connectivity index (χ3n) is 2.06. The topological polar surface area (TPSA) is 67.4 Å². The third kappa shape index (κ3) is 6.21. The van der Waals surface area contributed by atoms with Crippen LogP contribution in [-0.4, -0.2) is 25.2 Å². The molecule has 0 saturated carbocycles. The number of ether oxygens (including phenoxy) is 1. The summed E-state index contributed by atoms with van der Waals surface area (Å²) < 4.78 is 17.3. The summed E-state index contributed by atoms with van der Waals surface area (Å²) in [6.45, 7) is 1.76. The number of halogens is 1. The van der Waals surface area contributed by atoms with E-state index in [-0.39, 0.29) is 19.0 Å². The molecule has 6 heteroatoms. The average molecular weight is 266 g/mol. The zero-order valence-electron chi connectivity index (χ0n) is 10.5. The van der Waals surface area contributed by atoms with Crippen LogP contribution in [0.1, 0.15) is 12.5 Å². The van der Waals surface area contributed by atoms with E-state index >= 15 is 0 Å². The second-order valence-corrected chi connectivity index (χ2v) is 3.52. The summed E-state index contributed by atoms with van der Waals surface area (Å²) in [5.74, 6) is -0.822. The Morgan fingerprint density at radius 2 is 2.00 bits per heavy atom. The number of urea groups is 1. The number of nitrogens with one attached hydrogen (secondary N) is 2. The number of hydrogen-bond donors (Lipinski definition) is 2. The first-order valence-electron chi connectivity index (χ1n) is 5.74. The molecular formula is C13H15FN2O3. The van der Waals surface area contributed by atoms with Gasteiger partial charge >= 0.3 is 12.0 Å². The molecule has 2 amide bonds. The highest BCUT2D eigenvalue weighted by molar-refractivity contribution is 5.81. The van der Waals surface area contributed by atoms with E-state index in [1.54, 1.807) is 25.1 Å². The minimum atomic E-state index is -0.522. The Bertz CT molecular complexity index is 457. The minimum absolute atomic E-state index is 0.190. The lowest BCUT2D eigenvalue weighted by Crippen LogP contribution is -2.36.